The first-order valence-electron chi connectivity index (χ1n) is 9.08. The van der Waals surface area contributed by atoms with Gasteiger partial charge >= 0.3 is 0 Å². The van der Waals surface area contributed by atoms with Gasteiger partial charge in [-0.3, -0.25) is 15.2 Å². The van der Waals surface area contributed by atoms with Gasteiger partial charge < -0.3 is 9.80 Å². The molecule has 1 aliphatic rings. The maximum Gasteiger partial charge on any atom is 0.234 e. The van der Waals surface area contributed by atoms with Gasteiger partial charge in [-0.1, -0.05) is 0 Å². The average Bonchev–Trinajstić information content (AvgIpc) is 3.13. The zero-order chi connectivity index (χ0) is 18.4. The van der Waals surface area contributed by atoms with Gasteiger partial charge in [0, 0.05) is 43.2 Å². The van der Waals surface area contributed by atoms with E-state index in [0.29, 0.717) is 6.42 Å². The van der Waals surface area contributed by atoms with Crippen LogP contribution in [0.25, 0.3) is 0 Å². The predicted octanol–water partition coefficient (Wildman–Crippen LogP) is 1.60. The summed E-state index contributed by atoms with van der Waals surface area (Å²) in [5.41, 5.74) is 5.82. The summed E-state index contributed by atoms with van der Waals surface area (Å²) in [6.07, 6.45) is 5.09. The highest BCUT2D eigenvalue weighted by Gasteiger charge is 2.14. The monoisotopic (exact) mass is 373 g/mol. The van der Waals surface area contributed by atoms with Crippen LogP contribution in [0.2, 0.25) is 0 Å². The topological polar surface area (TPSA) is 74.5 Å². The number of nitrogens with one attached hydrogen (secondary N) is 1. The van der Waals surface area contributed by atoms with Gasteiger partial charge in [0.05, 0.1) is 11.9 Å². The lowest BCUT2D eigenvalue weighted by Gasteiger charge is -2.33. The van der Waals surface area contributed by atoms with E-state index >= 15 is 0 Å². The molecule has 1 aliphatic heterocycles. The highest BCUT2D eigenvalue weighted by atomic mass is 32.1. The van der Waals surface area contributed by atoms with Crippen LogP contribution in [0.5, 0.6) is 0 Å². The van der Waals surface area contributed by atoms with E-state index in [4.69, 9.17) is 5.84 Å². The standard InChI is InChI=1S/C19H27N5OS/c1-23-8-10-24(11-9-23)17-5-4-16(21-13-17)3-2-15-12-18(26-14-15)6-7-19(25)22-20/h4-5,12-14H,2-3,6-11,20H2,1H3,(H,22,25). The Morgan fingerprint density at radius 1 is 1.23 bits per heavy atom. The van der Waals surface area contributed by atoms with E-state index in [-0.39, 0.29) is 5.91 Å². The second kappa shape index (κ2) is 9.12. The lowest BCUT2D eigenvalue weighted by atomic mass is 10.1. The Hall–Kier alpha value is -1.96. The fourth-order valence-corrected chi connectivity index (χ4v) is 4.01. The zero-order valence-electron chi connectivity index (χ0n) is 15.3. The van der Waals surface area contributed by atoms with Crippen LogP contribution >= 0.6 is 11.3 Å². The van der Waals surface area contributed by atoms with Gasteiger partial charge in [-0.15, -0.1) is 11.3 Å². The van der Waals surface area contributed by atoms with Crippen molar-refractivity contribution in [1.29, 1.82) is 0 Å². The molecule has 2 aromatic rings. The summed E-state index contributed by atoms with van der Waals surface area (Å²) in [4.78, 5) is 21.8. The molecule has 1 amide bonds. The van der Waals surface area contributed by atoms with E-state index in [0.717, 1.165) is 51.1 Å². The number of hydrazine groups is 1. The smallest absolute Gasteiger partial charge is 0.234 e. The Labute approximate surface area is 159 Å². The number of carbonyl (C=O) groups is 1. The summed E-state index contributed by atoms with van der Waals surface area (Å²) in [6.45, 7) is 4.35. The number of likely N-dealkylation sites (N-methyl/N-ethyl adjacent to an activating group) is 1. The molecule has 3 rings (SSSR count). The number of aromatic nitrogens is 1. The Morgan fingerprint density at radius 2 is 2.04 bits per heavy atom. The molecule has 0 aromatic carbocycles. The molecular weight excluding hydrogens is 346 g/mol. The molecule has 6 nitrogen and oxygen atoms in total. The number of pyridine rings is 1. The quantitative estimate of drug-likeness (QED) is 0.438. The van der Waals surface area contributed by atoms with Gasteiger partial charge in [0.1, 0.15) is 0 Å². The molecule has 0 spiro atoms. The van der Waals surface area contributed by atoms with E-state index in [1.165, 1.54) is 16.1 Å². The molecule has 3 heterocycles. The van der Waals surface area contributed by atoms with Crippen molar-refractivity contribution < 1.29 is 4.79 Å². The molecular formula is C19H27N5OS. The van der Waals surface area contributed by atoms with E-state index in [1.54, 1.807) is 11.3 Å². The number of piperazine rings is 1. The minimum Gasteiger partial charge on any atom is -0.368 e. The number of nitrogens with two attached hydrogens (primary N) is 1. The summed E-state index contributed by atoms with van der Waals surface area (Å²) < 4.78 is 0. The van der Waals surface area contributed by atoms with Crippen molar-refractivity contribution in [3.05, 3.63) is 45.9 Å². The molecule has 3 N–H and O–H groups in total. The molecule has 140 valence electrons. The molecule has 0 saturated carbocycles. The summed E-state index contributed by atoms with van der Waals surface area (Å²) in [7, 11) is 2.17. The van der Waals surface area contributed by atoms with E-state index < -0.39 is 0 Å². The minimum absolute atomic E-state index is 0.121. The first-order chi connectivity index (χ1) is 12.6. The van der Waals surface area contributed by atoms with Crippen molar-refractivity contribution in [3.63, 3.8) is 0 Å². The van der Waals surface area contributed by atoms with Crippen LogP contribution in [-0.4, -0.2) is 49.0 Å². The summed E-state index contributed by atoms with van der Waals surface area (Å²) in [5, 5.41) is 2.17. The average molecular weight is 374 g/mol. The SMILES string of the molecule is CN1CCN(c2ccc(CCc3csc(CCC(=O)NN)c3)nc2)CC1. The fourth-order valence-electron chi connectivity index (χ4n) is 3.09. The maximum atomic E-state index is 11.2. The molecule has 0 radical (unpaired) electrons. The highest BCUT2D eigenvalue weighted by Crippen LogP contribution is 2.19. The Morgan fingerprint density at radius 3 is 2.73 bits per heavy atom. The number of anilines is 1. The number of aryl methyl sites for hydroxylation is 3. The fraction of sp³-hybridized carbons (Fsp3) is 0.474. The Kier molecular flexibility index (Phi) is 6.60. The molecule has 0 bridgehead atoms. The zero-order valence-corrected chi connectivity index (χ0v) is 16.1. The number of rotatable bonds is 7. The third-order valence-electron chi connectivity index (χ3n) is 4.81. The van der Waals surface area contributed by atoms with Crippen LogP contribution in [0.1, 0.15) is 22.6 Å². The Bertz CT molecular complexity index is 707. The van der Waals surface area contributed by atoms with Crippen molar-refractivity contribution in [2.24, 2.45) is 5.84 Å². The Balaban J connectivity index is 1.47. The van der Waals surface area contributed by atoms with Gasteiger partial charge in [-0.25, -0.2) is 5.84 Å². The predicted molar refractivity (Wildman–Crippen MR) is 106 cm³/mol. The van der Waals surface area contributed by atoms with Gasteiger partial charge in [0.15, 0.2) is 0 Å². The minimum atomic E-state index is -0.121. The number of amides is 1. The summed E-state index contributed by atoms with van der Waals surface area (Å²) >= 11 is 1.71. The van der Waals surface area contributed by atoms with Crippen molar-refractivity contribution in [3.8, 4) is 0 Å². The van der Waals surface area contributed by atoms with E-state index in [2.05, 4.69) is 50.8 Å². The third-order valence-corrected chi connectivity index (χ3v) is 5.86. The van der Waals surface area contributed by atoms with Gasteiger partial charge in [0.25, 0.3) is 0 Å². The number of thiophene rings is 1. The lowest BCUT2D eigenvalue weighted by molar-refractivity contribution is -0.121. The van der Waals surface area contributed by atoms with Crippen molar-refractivity contribution in [1.82, 2.24) is 15.3 Å². The molecule has 7 heteroatoms. The largest absolute Gasteiger partial charge is 0.368 e. The maximum absolute atomic E-state index is 11.2. The van der Waals surface area contributed by atoms with Crippen LogP contribution in [0.4, 0.5) is 5.69 Å². The second-order valence-electron chi connectivity index (χ2n) is 6.79. The lowest BCUT2D eigenvalue weighted by Crippen LogP contribution is -2.44. The van der Waals surface area contributed by atoms with Gasteiger partial charge in [-0.05, 0) is 55.5 Å². The van der Waals surface area contributed by atoms with Crippen LogP contribution in [0, 0.1) is 0 Å². The highest BCUT2D eigenvalue weighted by molar-refractivity contribution is 7.10. The summed E-state index contributed by atoms with van der Waals surface area (Å²) in [6, 6.07) is 6.53. The van der Waals surface area contributed by atoms with Gasteiger partial charge in [-0.2, -0.15) is 0 Å². The van der Waals surface area contributed by atoms with E-state index in [1.807, 2.05) is 6.20 Å². The van der Waals surface area contributed by atoms with Crippen molar-refractivity contribution in [2.45, 2.75) is 25.7 Å². The van der Waals surface area contributed by atoms with Crippen LogP contribution in [0.15, 0.2) is 29.8 Å². The molecule has 1 fully saturated rings. The van der Waals surface area contributed by atoms with Crippen molar-refractivity contribution >= 4 is 22.9 Å². The van der Waals surface area contributed by atoms with Crippen molar-refractivity contribution in [2.75, 3.05) is 38.1 Å². The van der Waals surface area contributed by atoms with Crippen LogP contribution in [-0.2, 0) is 24.1 Å². The molecule has 0 unspecified atom stereocenters. The van der Waals surface area contributed by atoms with Gasteiger partial charge in [0.2, 0.25) is 5.91 Å². The molecule has 26 heavy (non-hydrogen) atoms. The normalized spacial score (nSPS) is 15.2. The molecule has 1 saturated heterocycles. The number of hydrogen-bond donors (Lipinski definition) is 2. The number of carbonyl (C=O) groups excluding carboxylic acids is 1. The second-order valence-corrected chi connectivity index (χ2v) is 7.78. The van der Waals surface area contributed by atoms with Crippen LogP contribution in [0.3, 0.4) is 0 Å². The number of hydrogen-bond acceptors (Lipinski definition) is 6. The molecule has 2 aromatic heterocycles. The number of nitrogens with zero attached hydrogens (tertiary/aromatic N) is 3. The first kappa shape index (κ1) is 18.8. The van der Waals surface area contributed by atoms with Crippen LogP contribution < -0.4 is 16.2 Å². The first-order valence-corrected chi connectivity index (χ1v) is 9.96. The molecule has 0 atom stereocenters. The van der Waals surface area contributed by atoms with E-state index in [9.17, 15) is 4.79 Å². The summed E-state index contributed by atoms with van der Waals surface area (Å²) in [5.74, 6) is 4.99. The molecule has 0 aliphatic carbocycles. The third kappa shape index (κ3) is 5.27.